The molecule has 1 aliphatic heterocycles. The number of alkyl halides is 3. The van der Waals surface area contributed by atoms with Crippen LogP contribution in [0.25, 0.3) is 0 Å². The molecule has 2 nitrogen and oxygen atoms in total. The standard InChI is InChI=1S/C19H25F3N2.C14H14.C2H6/c1-6-9-16(17(8-3)19(20,21)22)13-24-11-10-18(23-14(4)5)15(7-2)12-24;1-12(13-8-4-2-5-9-13)14-10-6-3-7-11-14;1-2/h6-9H,1-2,10-13H2,3-5H3;2-12H,1H3;1-2H3/b16-9-,17-8+;;. The highest BCUT2D eigenvalue weighted by Crippen LogP contribution is 2.32. The van der Waals surface area contributed by atoms with E-state index in [1.54, 1.807) is 6.08 Å². The molecule has 0 amide bonds. The number of rotatable bonds is 8. The van der Waals surface area contributed by atoms with Gasteiger partial charge in [-0.2, -0.15) is 13.2 Å². The molecule has 2 aromatic carbocycles. The van der Waals surface area contributed by atoms with Gasteiger partial charge in [0, 0.05) is 43.4 Å². The van der Waals surface area contributed by atoms with Gasteiger partial charge >= 0.3 is 6.18 Å². The van der Waals surface area contributed by atoms with Crippen LogP contribution in [0.2, 0.25) is 0 Å². The molecule has 2 aromatic rings. The fraction of sp³-hybridized carbons (Fsp3) is 0.343. The maximum Gasteiger partial charge on any atom is 0.416 e. The van der Waals surface area contributed by atoms with Crippen molar-refractivity contribution in [3.05, 3.63) is 132 Å². The summed E-state index contributed by atoms with van der Waals surface area (Å²) in [5, 5.41) is 0. The van der Waals surface area contributed by atoms with Crippen LogP contribution in [0.5, 0.6) is 0 Å². The molecule has 216 valence electrons. The SMILES string of the molecule is C=C/C=C(CN1CCC(N=C(C)C)=C(C=C)C1)\C(=C/C)C(F)(F)F.CC.CC(c1ccccc1)c1ccccc1. The van der Waals surface area contributed by atoms with Crippen LogP contribution in [0.4, 0.5) is 13.2 Å². The molecule has 1 aliphatic rings. The molecule has 0 saturated heterocycles. The summed E-state index contributed by atoms with van der Waals surface area (Å²) in [7, 11) is 0. The van der Waals surface area contributed by atoms with Crippen LogP contribution < -0.4 is 0 Å². The van der Waals surface area contributed by atoms with E-state index >= 15 is 0 Å². The van der Waals surface area contributed by atoms with Gasteiger partial charge in [-0.1, -0.05) is 119 Å². The Morgan fingerprint density at radius 2 is 1.50 bits per heavy atom. The Labute approximate surface area is 240 Å². The zero-order valence-electron chi connectivity index (χ0n) is 24.9. The molecule has 0 unspecified atom stereocenters. The van der Waals surface area contributed by atoms with Crippen molar-refractivity contribution in [2.24, 2.45) is 4.99 Å². The minimum atomic E-state index is -4.37. The molecular weight excluding hydrogens is 505 g/mol. The number of benzene rings is 2. The van der Waals surface area contributed by atoms with E-state index in [-0.39, 0.29) is 12.1 Å². The van der Waals surface area contributed by atoms with Gasteiger partial charge in [-0.05, 0) is 43.0 Å². The van der Waals surface area contributed by atoms with Gasteiger partial charge in [-0.15, -0.1) is 0 Å². The van der Waals surface area contributed by atoms with Crippen molar-refractivity contribution in [3.63, 3.8) is 0 Å². The van der Waals surface area contributed by atoms with E-state index in [1.165, 1.54) is 30.2 Å². The summed E-state index contributed by atoms with van der Waals surface area (Å²) < 4.78 is 39.6. The topological polar surface area (TPSA) is 15.6 Å². The number of aliphatic imine (C=N–C) groups is 1. The third-order valence-corrected chi connectivity index (χ3v) is 6.29. The average Bonchev–Trinajstić information content (AvgIpc) is 2.95. The van der Waals surface area contributed by atoms with E-state index in [0.717, 1.165) is 23.1 Å². The maximum atomic E-state index is 13.2. The Balaban J connectivity index is 0.000000421. The molecule has 0 saturated carbocycles. The van der Waals surface area contributed by atoms with Gasteiger partial charge in [-0.3, -0.25) is 9.89 Å². The fourth-order valence-electron chi connectivity index (χ4n) is 4.37. The van der Waals surface area contributed by atoms with Gasteiger partial charge in [0.05, 0.1) is 5.57 Å². The number of hydrogen-bond acceptors (Lipinski definition) is 2. The normalized spacial score (nSPS) is 14.4. The second-order valence-electron chi connectivity index (χ2n) is 9.37. The highest BCUT2D eigenvalue weighted by atomic mass is 19.4. The molecule has 0 N–H and O–H groups in total. The first kappa shape index (κ1) is 34.6. The summed E-state index contributed by atoms with van der Waals surface area (Å²) in [6, 6.07) is 21.2. The first-order valence-corrected chi connectivity index (χ1v) is 13.8. The first-order chi connectivity index (χ1) is 19.1. The summed E-state index contributed by atoms with van der Waals surface area (Å²) in [5.41, 5.74) is 5.25. The minimum absolute atomic E-state index is 0.213. The zero-order chi connectivity index (χ0) is 30.1. The van der Waals surface area contributed by atoms with E-state index in [0.29, 0.717) is 25.4 Å². The van der Waals surface area contributed by atoms with Crippen LogP contribution in [0.1, 0.15) is 65.0 Å². The van der Waals surface area contributed by atoms with E-state index in [1.807, 2.05) is 32.6 Å². The molecule has 1 heterocycles. The molecular formula is C35H45F3N2. The molecule has 3 rings (SSSR count). The largest absolute Gasteiger partial charge is 0.416 e. The summed E-state index contributed by atoms with van der Waals surface area (Å²) in [6.45, 7) is 20.2. The van der Waals surface area contributed by atoms with Crippen LogP contribution in [0.3, 0.4) is 0 Å². The molecule has 0 bridgehead atoms. The van der Waals surface area contributed by atoms with Crippen molar-refractivity contribution in [3.8, 4) is 0 Å². The maximum absolute atomic E-state index is 13.2. The third-order valence-electron chi connectivity index (χ3n) is 6.29. The molecule has 0 spiro atoms. The van der Waals surface area contributed by atoms with Crippen LogP contribution in [0.15, 0.2) is 126 Å². The van der Waals surface area contributed by atoms with Crippen molar-refractivity contribution >= 4 is 5.71 Å². The lowest BCUT2D eigenvalue weighted by molar-refractivity contribution is -0.0898. The highest BCUT2D eigenvalue weighted by Gasteiger charge is 2.35. The van der Waals surface area contributed by atoms with E-state index in [2.05, 4.69) is 85.7 Å². The van der Waals surface area contributed by atoms with Crippen molar-refractivity contribution in [2.75, 3.05) is 19.6 Å². The Bertz CT molecular complexity index is 1130. The average molecular weight is 551 g/mol. The molecule has 0 atom stereocenters. The number of allylic oxidation sites excluding steroid dienone is 3. The molecule has 0 aliphatic carbocycles. The van der Waals surface area contributed by atoms with E-state index in [9.17, 15) is 13.2 Å². The van der Waals surface area contributed by atoms with Crippen LogP contribution in [0, 0.1) is 0 Å². The van der Waals surface area contributed by atoms with Gasteiger partial charge in [-0.25, -0.2) is 0 Å². The van der Waals surface area contributed by atoms with Crippen molar-refractivity contribution in [2.45, 2.75) is 60.1 Å². The monoisotopic (exact) mass is 550 g/mol. The molecule has 0 radical (unpaired) electrons. The van der Waals surface area contributed by atoms with Crippen LogP contribution >= 0.6 is 0 Å². The quantitative estimate of drug-likeness (QED) is 0.236. The zero-order valence-corrected chi connectivity index (χ0v) is 24.9. The Hall–Kier alpha value is -3.44. The lowest BCUT2D eigenvalue weighted by Crippen LogP contribution is -2.34. The molecule has 0 aromatic heterocycles. The Kier molecular flexibility index (Phi) is 15.6. The van der Waals surface area contributed by atoms with Gasteiger partial charge < -0.3 is 0 Å². The summed E-state index contributed by atoms with van der Waals surface area (Å²) in [6.07, 6.45) is 2.01. The lowest BCUT2D eigenvalue weighted by Gasteiger charge is -2.30. The predicted molar refractivity (Wildman–Crippen MR) is 167 cm³/mol. The van der Waals surface area contributed by atoms with Crippen LogP contribution in [-0.4, -0.2) is 36.4 Å². The van der Waals surface area contributed by atoms with Crippen LogP contribution in [-0.2, 0) is 0 Å². The molecule has 5 heteroatoms. The van der Waals surface area contributed by atoms with E-state index in [4.69, 9.17) is 0 Å². The van der Waals surface area contributed by atoms with Crippen molar-refractivity contribution < 1.29 is 13.2 Å². The molecule has 40 heavy (non-hydrogen) atoms. The summed E-state index contributed by atoms with van der Waals surface area (Å²) >= 11 is 0. The summed E-state index contributed by atoms with van der Waals surface area (Å²) in [4.78, 5) is 6.48. The van der Waals surface area contributed by atoms with Crippen molar-refractivity contribution in [1.82, 2.24) is 4.90 Å². The second-order valence-corrected chi connectivity index (χ2v) is 9.37. The van der Waals surface area contributed by atoms with Gasteiger partial charge in [0.25, 0.3) is 0 Å². The smallest absolute Gasteiger partial charge is 0.294 e. The van der Waals surface area contributed by atoms with Gasteiger partial charge in [0.1, 0.15) is 0 Å². The fourth-order valence-corrected chi connectivity index (χ4v) is 4.37. The highest BCUT2D eigenvalue weighted by molar-refractivity contribution is 5.80. The number of hydrogen-bond donors (Lipinski definition) is 0. The molecule has 0 fully saturated rings. The number of nitrogens with zero attached hydrogens (tertiary/aromatic N) is 2. The Morgan fingerprint density at radius 3 is 1.90 bits per heavy atom. The Morgan fingerprint density at radius 1 is 0.975 bits per heavy atom. The third kappa shape index (κ3) is 11.4. The first-order valence-electron chi connectivity index (χ1n) is 13.8. The summed E-state index contributed by atoms with van der Waals surface area (Å²) in [5.74, 6) is 0.484. The number of halogens is 3. The van der Waals surface area contributed by atoms with E-state index < -0.39 is 11.7 Å². The van der Waals surface area contributed by atoms with Crippen molar-refractivity contribution in [1.29, 1.82) is 0 Å². The minimum Gasteiger partial charge on any atom is -0.294 e. The predicted octanol–water partition coefficient (Wildman–Crippen LogP) is 10.1. The van der Waals surface area contributed by atoms with Gasteiger partial charge in [0.15, 0.2) is 0 Å². The lowest BCUT2D eigenvalue weighted by atomic mass is 9.93. The van der Waals surface area contributed by atoms with Gasteiger partial charge in [0.2, 0.25) is 0 Å². The second kappa shape index (κ2) is 18.0.